The smallest absolute Gasteiger partial charge is 0.294 e. The third-order valence-electron chi connectivity index (χ3n) is 1.92. The van der Waals surface area contributed by atoms with E-state index in [0.717, 1.165) is 18.7 Å². The molecule has 0 radical (unpaired) electrons. The van der Waals surface area contributed by atoms with Crippen molar-refractivity contribution in [3.8, 4) is 0 Å². The molecular formula is C11H20N2O3S. The number of nitrogens with zero attached hydrogens (tertiary/aromatic N) is 1. The first kappa shape index (κ1) is 15.9. The van der Waals surface area contributed by atoms with Gasteiger partial charge in [0.1, 0.15) is 0 Å². The van der Waals surface area contributed by atoms with Crippen LogP contribution in [0.1, 0.15) is 13.3 Å². The Morgan fingerprint density at radius 2 is 1.88 bits per heavy atom. The molecule has 5 nitrogen and oxygen atoms in total. The quantitative estimate of drug-likeness (QED) is 0.802. The minimum atomic E-state index is -4.09. The molecule has 1 rings (SSSR count). The van der Waals surface area contributed by atoms with Crippen molar-refractivity contribution in [2.75, 3.05) is 25.5 Å². The van der Waals surface area contributed by atoms with Gasteiger partial charge >= 0.3 is 0 Å². The van der Waals surface area contributed by atoms with Gasteiger partial charge in [-0.05, 0) is 31.2 Å². The SMILES string of the molecule is CCCN.CN(C)c1cccc(S(=O)(=O)O)c1. The molecule has 0 fully saturated rings. The zero-order valence-electron chi connectivity index (χ0n) is 10.4. The van der Waals surface area contributed by atoms with Crippen molar-refractivity contribution >= 4 is 15.8 Å². The van der Waals surface area contributed by atoms with E-state index in [1.165, 1.54) is 12.1 Å². The van der Waals surface area contributed by atoms with Gasteiger partial charge in [0, 0.05) is 19.8 Å². The minimum absolute atomic E-state index is 0.0845. The van der Waals surface area contributed by atoms with Crippen molar-refractivity contribution < 1.29 is 13.0 Å². The van der Waals surface area contributed by atoms with Crippen molar-refractivity contribution in [3.63, 3.8) is 0 Å². The van der Waals surface area contributed by atoms with Gasteiger partial charge in [-0.15, -0.1) is 0 Å². The summed E-state index contributed by atoms with van der Waals surface area (Å²) in [6, 6.07) is 6.10. The first-order valence-corrected chi connectivity index (χ1v) is 6.71. The molecule has 1 aromatic rings. The molecule has 98 valence electrons. The molecule has 0 aliphatic carbocycles. The van der Waals surface area contributed by atoms with E-state index in [-0.39, 0.29) is 4.90 Å². The maximum absolute atomic E-state index is 10.7. The van der Waals surface area contributed by atoms with E-state index in [1.807, 2.05) is 0 Å². The number of benzene rings is 1. The molecule has 0 unspecified atom stereocenters. The van der Waals surface area contributed by atoms with Crippen LogP contribution in [0.5, 0.6) is 0 Å². The van der Waals surface area contributed by atoms with Crippen LogP contribution in [0.25, 0.3) is 0 Å². The highest BCUT2D eigenvalue weighted by molar-refractivity contribution is 7.85. The van der Waals surface area contributed by atoms with Crippen molar-refractivity contribution in [2.24, 2.45) is 5.73 Å². The van der Waals surface area contributed by atoms with Crippen LogP contribution < -0.4 is 10.6 Å². The lowest BCUT2D eigenvalue weighted by Gasteiger charge is -2.12. The maximum atomic E-state index is 10.7. The third-order valence-corrected chi connectivity index (χ3v) is 2.77. The minimum Gasteiger partial charge on any atom is -0.378 e. The van der Waals surface area contributed by atoms with Gasteiger partial charge in [0.25, 0.3) is 10.1 Å². The van der Waals surface area contributed by atoms with Crippen LogP contribution >= 0.6 is 0 Å². The molecule has 0 heterocycles. The summed E-state index contributed by atoms with van der Waals surface area (Å²) in [5.74, 6) is 0. The topological polar surface area (TPSA) is 83.6 Å². The summed E-state index contributed by atoms with van der Waals surface area (Å²) in [6.07, 6.45) is 1.10. The van der Waals surface area contributed by atoms with Gasteiger partial charge in [-0.1, -0.05) is 13.0 Å². The molecular weight excluding hydrogens is 240 g/mol. The molecule has 0 atom stereocenters. The molecule has 17 heavy (non-hydrogen) atoms. The average molecular weight is 260 g/mol. The summed E-state index contributed by atoms with van der Waals surface area (Å²) in [5, 5.41) is 0. The zero-order valence-corrected chi connectivity index (χ0v) is 11.2. The molecule has 3 N–H and O–H groups in total. The lowest BCUT2D eigenvalue weighted by atomic mass is 10.3. The summed E-state index contributed by atoms with van der Waals surface area (Å²) in [5.41, 5.74) is 5.76. The highest BCUT2D eigenvalue weighted by atomic mass is 32.2. The van der Waals surface area contributed by atoms with Gasteiger partial charge in [-0.25, -0.2) is 0 Å². The van der Waals surface area contributed by atoms with Crippen LogP contribution in [-0.4, -0.2) is 33.6 Å². The summed E-state index contributed by atoms with van der Waals surface area (Å²) >= 11 is 0. The average Bonchev–Trinajstić information content (AvgIpc) is 2.28. The van der Waals surface area contributed by atoms with E-state index in [2.05, 4.69) is 6.92 Å². The summed E-state index contributed by atoms with van der Waals surface area (Å²) < 4.78 is 30.2. The standard InChI is InChI=1S/C8H11NO3S.C3H9N/c1-9(2)7-4-3-5-8(6-7)13(10,11)12;1-2-3-4/h3-6H,1-2H3,(H,10,11,12);2-4H2,1H3. The van der Waals surface area contributed by atoms with Crippen LogP contribution in [0.4, 0.5) is 5.69 Å². The highest BCUT2D eigenvalue weighted by Crippen LogP contribution is 2.16. The normalized spacial score (nSPS) is 10.4. The van der Waals surface area contributed by atoms with Crippen molar-refractivity contribution in [3.05, 3.63) is 24.3 Å². The molecule has 0 aliphatic rings. The number of hydrogen-bond acceptors (Lipinski definition) is 4. The Morgan fingerprint density at radius 1 is 1.35 bits per heavy atom. The summed E-state index contributed by atoms with van der Waals surface area (Å²) in [7, 11) is -0.496. The Morgan fingerprint density at radius 3 is 2.24 bits per heavy atom. The van der Waals surface area contributed by atoms with Gasteiger partial charge in [0.2, 0.25) is 0 Å². The van der Waals surface area contributed by atoms with Crippen molar-refractivity contribution in [1.82, 2.24) is 0 Å². The van der Waals surface area contributed by atoms with E-state index in [9.17, 15) is 8.42 Å². The molecule has 0 aliphatic heterocycles. The molecule has 0 saturated carbocycles. The molecule has 0 saturated heterocycles. The first-order valence-electron chi connectivity index (χ1n) is 5.27. The predicted octanol–water partition coefficient (Wildman–Crippen LogP) is 1.35. The molecule has 0 aromatic heterocycles. The van der Waals surface area contributed by atoms with Gasteiger partial charge in [0.05, 0.1) is 4.90 Å². The Balaban J connectivity index is 0.000000557. The Kier molecular flexibility index (Phi) is 6.79. The number of hydrogen-bond donors (Lipinski definition) is 2. The molecule has 0 bridgehead atoms. The second-order valence-electron chi connectivity index (χ2n) is 3.66. The number of anilines is 1. The molecule has 0 spiro atoms. The summed E-state index contributed by atoms with van der Waals surface area (Å²) in [4.78, 5) is 1.67. The fourth-order valence-electron chi connectivity index (χ4n) is 0.922. The largest absolute Gasteiger partial charge is 0.378 e. The third kappa shape index (κ3) is 6.25. The zero-order chi connectivity index (χ0) is 13.5. The van der Waals surface area contributed by atoms with E-state index in [1.54, 1.807) is 31.1 Å². The Bertz CT molecular complexity index is 428. The lowest BCUT2D eigenvalue weighted by Crippen LogP contribution is -2.09. The van der Waals surface area contributed by atoms with Crippen LogP contribution in [0, 0.1) is 0 Å². The maximum Gasteiger partial charge on any atom is 0.294 e. The molecule has 1 aromatic carbocycles. The Hall–Kier alpha value is -1.11. The fraction of sp³-hybridized carbons (Fsp3) is 0.455. The Labute approximate surface area is 103 Å². The van der Waals surface area contributed by atoms with Gasteiger partial charge in [-0.2, -0.15) is 8.42 Å². The van der Waals surface area contributed by atoms with Crippen molar-refractivity contribution in [1.29, 1.82) is 0 Å². The van der Waals surface area contributed by atoms with Crippen LogP contribution in [0.3, 0.4) is 0 Å². The van der Waals surface area contributed by atoms with Crippen LogP contribution in [-0.2, 0) is 10.1 Å². The second-order valence-corrected chi connectivity index (χ2v) is 5.08. The number of nitrogens with two attached hydrogens (primary N) is 1. The van der Waals surface area contributed by atoms with E-state index < -0.39 is 10.1 Å². The van der Waals surface area contributed by atoms with E-state index in [0.29, 0.717) is 0 Å². The van der Waals surface area contributed by atoms with Crippen LogP contribution in [0.15, 0.2) is 29.2 Å². The first-order chi connectivity index (χ1) is 7.82. The van der Waals surface area contributed by atoms with Crippen molar-refractivity contribution in [2.45, 2.75) is 18.2 Å². The highest BCUT2D eigenvalue weighted by Gasteiger charge is 2.09. The van der Waals surface area contributed by atoms with Gasteiger partial charge < -0.3 is 10.6 Å². The second kappa shape index (κ2) is 7.26. The van der Waals surface area contributed by atoms with Gasteiger partial charge in [0.15, 0.2) is 0 Å². The monoisotopic (exact) mass is 260 g/mol. The summed E-state index contributed by atoms with van der Waals surface area (Å²) in [6.45, 7) is 2.88. The predicted molar refractivity (Wildman–Crippen MR) is 69.9 cm³/mol. The molecule has 6 heteroatoms. The van der Waals surface area contributed by atoms with Crippen LogP contribution in [0.2, 0.25) is 0 Å². The number of rotatable bonds is 3. The fourth-order valence-corrected chi connectivity index (χ4v) is 1.44. The van der Waals surface area contributed by atoms with E-state index in [4.69, 9.17) is 10.3 Å². The lowest BCUT2D eigenvalue weighted by molar-refractivity contribution is 0.483. The van der Waals surface area contributed by atoms with E-state index >= 15 is 0 Å². The molecule has 0 amide bonds. The van der Waals surface area contributed by atoms with Gasteiger partial charge in [-0.3, -0.25) is 4.55 Å².